The van der Waals surface area contributed by atoms with E-state index in [4.69, 9.17) is 31.3 Å². The van der Waals surface area contributed by atoms with Gasteiger partial charge >= 0.3 is 11.9 Å². The molecule has 0 radical (unpaired) electrons. The van der Waals surface area contributed by atoms with Crippen LogP contribution in [0.25, 0.3) is 0 Å². The molecule has 1 aliphatic heterocycles. The summed E-state index contributed by atoms with van der Waals surface area (Å²) in [6, 6.07) is 11.2. The summed E-state index contributed by atoms with van der Waals surface area (Å²) in [7, 11) is 7.48. The van der Waals surface area contributed by atoms with Crippen molar-refractivity contribution >= 4 is 46.9 Å². The number of amides is 1. The quantitative estimate of drug-likeness (QED) is 0.359. The number of halogens is 1. The molecule has 3 rings (SSSR count). The molecule has 2 aromatic carbocycles. The Morgan fingerprint density at radius 3 is 2.39 bits per heavy atom. The number of thioether (sulfide) groups is 1. The topological polar surface area (TPSA) is 117 Å². The maximum Gasteiger partial charge on any atom is 0.328 e. The van der Waals surface area contributed by atoms with Crippen molar-refractivity contribution < 1.29 is 34.1 Å². The standard InChI is InChI=1S/C21H25ClN2O3S.C4H4O4/c1-23(2)10-5-11-27-18-9-7-15(26-4)13-16(18)20-21(25)24(3)17-8-6-14(22)12-19(17)28-20;5-3(6)1-2-4(7)8/h6-9,12-13,20H,5,10-11H2,1-4H3;1-2H,(H,5,6)(H,7,8). The van der Waals surface area contributed by atoms with Crippen molar-refractivity contribution in [3.63, 3.8) is 0 Å². The molecule has 0 saturated carbocycles. The van der Waals surface area contributed by atoms with Crippen LogP contribution in [-0.2, 0) is 14.4 Å². The van der Waals surface area contributed by atoms with Gasteiger partial charge in [0.15, 0.2) is 0 Å². The van der Waals surface area contributed by atoms with E-state index >= 15 is 0 Å². The van der Waals surface area contributed by atoms with Crippen LogP contribution >= 0.6 is 23.4 Å². The van der Waals surface area contributed by atoms with Crippen molar-refractivity contribution in [3.05, 3.63) is 59.1 Å². The van der Waals surface area contributed by atoms with Crippen molar-refractivity contribution in [1.29, 1.82) is 0 Å². The zero-order valence-electron chi connectivity index (χ0n) is 20.4. The second-order valence-electron chi connectivity index (χ2n) is 7.93. The highest BCUT2D eigenvalue weighted by Crippen LogP contribution is 2.49. The van der Waals surface area contributed by atoms with Gasteiger partial charge in [-0.05, 0) is 56.9 Å². The van der Waals surface area contributed by atoms with Crippen molar-refractivity contribution in [2.24, 2.45) is 0 Å². The third-order valence-corrected chi connectivity index (χ3v) is 6.47. The molecule has 0 aliphatic carbocycles. The molecule has 0 bridgehead atoms. The van der Waals surface area contributed by atoms with E-state index in [9.17, 15) is 14.4 Å². The molecule has 2 aromatic rings. The maximum atomic E-state index is 13.1. The Morgan fingerprint density at radius 2 is 1.81 bits per heavy atom. The molecule has 1 atom stereocenters. The number of carboxylic acid groups (broad SMARTS) is 2. The van der Waals surface area contributed by atoms with Gasteiger partial charge in [-0.2, -0.15) is 0 Å². The van der Waals surface area contributed by atoms with Crippen molar-refractivity contribution in [2.75, 3.05) is 46.3 Å². The lowest BCUT2D eigenvalue weighted by molar-refractivity contribution is -0.134. The summed E-state index contributed by atoms with van der Waals surface area (Å²) in [4.78, 5) is 37.0. The van der Waals surface area contributed by atoms with Gasteiger partial charge in [0.1, 0.15) is 16.7 Å². The third-order valence-electron chi connectivity index (χ3n) is 4.96. The first-order valence-corrected chi connectivity index (χ1v) is 12.1. The molecule has 2 N–H and O–H groups in total. The summed E-state index contributed by atoms with van der Waals surface area (Å²) in [6.45, 7) is 1.53. The molecule has 9 nitrogen and oxygen atoms in total. The van der Waals surface area contributed by atoms with Crippen molar-refractivity contribution in [2.45, 2.75) is 16.6 Å². The van der Waals surface area contributed by atoms with Crippen molar-refractivity contribution in [1.82, 2.24) is 4.90 Å². The minimum Gasteiger partial charge on any atom is -0.497 e. The molecule has 0 saturated heterocycles. The molecule has 11 heteroatoms. The third kappa shape index (κ3) is 8.47. The van der Waals surface area contributed by atoms with Crippen LogP contribution in [0.3, 0.4) is 0 Å². The normalized spacial score (nSPS) is 14.8. The molecule has 0 spiro atoms. The fourth-order valence-corrected chi connectivity index (χ4v) is 4.80. The number of likely N-dealkylation sites (N-methyl/N-ethyl adjacent to an activating group) is 1. The zero-order valence-corrected chi connectivity index (χ0v) is 22.0. The maximum absolute atomic E-state index is 13.1. The summed E-state index contributed by atoms with van der Waals surface area (Å²) in [6.07, 6.45) is 2.02. The van der Waals surface area contributed by atoms with Gasteiger partial charge in [0, 0.05) is 41.2 Å². The minimum absolute atomic E-state index is 0.00576. The molecule has 194 valence electrons. The van der Waals surface area contributed by atoms with E-state index in [1.165, 1.54) is 11.8 Å². The van der Waals surface area contributed by atoms with Crippen LogP contribution in [0, 0.1) is 0 Å². The lowest BCUT2D eigenvalue weighted by atomic mass is 10.1. The predicted molar refractivity (Wildman–Crippen MR) is 140 cm³/mol. The first-order chi connectivity index (χ1) is 17.0. The second-order valence-corrected chi connectivity index (χ2v) is 9.51. The van der Waals surface area contributed by atoms with Gasteiger partial charge in [0.25, 0.3) is 0 Å². The summed E-state index contributed by atoms with van der Waals surface area (Å²) < 4.78 is 11.4. The van der Waals surface area contributed by atoms with Crippen LogP contribution in [0.1, 0.15) is 17.2 Å². The van der Waals surface area contributed by atoms with Crippen LogP contribution in [0.2, 0.25) is 5.02 Å². The number of carbonyl (C=O) groups is 3. The number of hydrogen-bond donors (Lipinski definition) is 2. The Kier molecular flexibility index (Phi) is 11.1. The van der Waals surface area contributed by atoms with E-state index in [0.717, 1.165) is 29.1 Å². The van der Waals surface area contributed by atoms with E-state index in [2.05, 4.69) is 4.90 Å². The lowest BCUT2D eigenvalue weighted by Crippen LogP contribution is -2.34. The van der Waals surface area contributed by atoms with Crippen molar-refractivity contribution in [3.8, 4) is 11.5 Å². The van der Waals surface area contributed by atoms with Gasteiger partial charge in [0.2, 0.25) is 5.91 Å². The van der Waals surface area contributed by atoms with Gasteiger partial charge in [-0.25, -0.2) is 9.59 Å². The second kappa shape index (κ2) is 13.8. The Bertz CT molecular complexity index is 1110. The van der Waals surface area contributed by atoms with E-state index in [0.29, 0.717) is 35.3 Å². The molecular weight excluding hydrogens is 508 g/mol. The van der Waals surface area contributed by atoms with Crippen LogP contribution in [0.5, 0.6) is 11.5 Å². The van der Waals surface area contributed by atoms with Gasteiger partial charge < -0.3 is 29.5 Å². The highest BCUT2D eigenvalue weighted by atomic mass is 35.5. The molecule has 1 amide bonds. The van der Waals surface area contributed by atoms with Crippen LogP contribution < -0.4 is 14.4 Å². The van der Waals surface area contributed by atoms with E-state index in [-0.39, 0.29) is 5.91 Å². The van der Waals surface area contributed by atoms with Crippen LogP contribution in [0.4, 0.5) is 5.69 Å². The van der Waals surface area contributed by atoms with Gasteiger partial charge in [-0.15, -0.1) is 11.8 Å². The zero-order chi connectivity index (χ0) is 26.8. The number of aliphatic carboxylic acids is 2. The Labute approximate surface area is 219 Å². The number of anilines is 1. The highest BCUT2D eigenvalue weighted by molar-refractivity contribution is 8.00. The SMILES string of the molecule is COc1ccc(OCCCN(C)C)c(C2Sc3cc(Cl)ccc3N(C)C2=O)c1.O=C(O)C=CC(=O)O. The summed E-state index contributed by atoms with van der Waals surface area (Å²) in [5.41, 5.74) is 1.68. The van der Waals surface area contributed by atoms with Crippen LogP contribution in [0.15, 0.2) is 53.4 Å². The number of carbonyl (C=O) groups excluding carboxylic acids is 1. The minimum atomic E-state index is -1.26. The summed E-state index contributed by atoms with van der Waals surface area (Å²) in [5, 5.41) is 15.9. The van der Waals surface area contributed by atoms with E-state index in [1.54, 1.807) is 25.1 Å². The fourth-order valence-electron chi connectivity index (χ4n) is 3.22. The predicted octanol–water partition coefficient (Wildman–Crippen LogP) is 4.20. The fraction of sp³-hybridized carbons (Fsp3) is 0.320. The first kappa shape index (κ1) is 29.0. The monoisotopic (exact) mass is 536 g/mol. The summed E-state index contributed by atoms with van der Waals surface area (Å²) >= 11 is 7.67. The molecule has 0 aromatic heterocycles. The Balaban J connectivity index is 0.000000493. The number of methoxy groups -OCH3 is 1. The highest BCUT2D eigenvalue weighted by Gasteiger charge is 2.35. The molecule has 0 fully saturated rings. The molecule has 1 aliphatic rings. The first-order valence-electron chi connectivity index (χ1n) is 10.9. The van der Waals surface area contributed by atoms with Crippen LogP contribution in [-0.4, -0.2) is 74.4 Å². The molecule has 1 unspecified atom stereocenters. The van der Waals surface area contributed by atoms with E-state index < -0.39 is 17.2 Å². The number of carboxylic acids is 2. The Hall–Kier alpha value is -3.21. The van der Waals surface area contributed by atoms with Gasteiger partial charge in [0.05, 0.1) is 19.4 Å². The number of hydrogen-bond acceptors (Lipinski definition) is 7. The molecular formula is C25H29ClN2O7S. The largest absolute Gasteiger partial charge is 0.497 e. The van der Waals surface area contributed by atoms with E-state index in [1.807, 2.05) is 44.4 Å². The molecule has 1 heterocycles. The lowest BCUT2D eigenvalue weighted by Gasteiger charge is -2.32. The van der Waals surface area contributed by atoms with Gasteiger partial charge in [-0.3, -0.25) is 4.79 Å². The average molecular weight is 537 g/mol. The average Bonchev–Trinajstić information content (AvgIpc) is 2.83. The summed E-state index contributed by atoms with van der Waals surface area (Å²) in [5.74, 6) is -1.10. The molecule has 36 heavy (non-hydrogen) atoms. The smallest absolute Gasteiger partial charge is 0.328 e. The number of rotatable bonds is 9. The number of nitrogens with zero attached hydrogens (tertiary/aromatic N) is 2. The Morgan fingerprint density at radius 1 is 1.14 bits per heavy atom. The number of ether oxygens (including phenoxy) is 2. The number of fused-ring (bicyclic) bond motifs is 1. The number of benzene rings is 2. The van der Waals surface area contributed by atoms with Gasteiger partial charge in [-0.1, -0.05) is 11.6 Å².